The van der Waals surface area contributed by atoms with E-state index in [-0.39, 0.29) is 12.1 Å². The minimum atomic E-state index is -0.378. The van der Waals surface area contributed by atoms with E-state index in [0.29, 0.717) is 25.6 Å². The molecule has 0 radical (unpaired) electrons. The van der Waals surface area contributed by atoms with Gasteiger partial charge in [0, 0.05) is 39.3 Å². The molecule has 2 rings (SSSR count). The zero-order chi connectivity index (χ0) is 17.5. The molecule has 134 valence electrons. The fraction of sp³-hybridized carbons (Fsp3) is 0.632. The molecule has 1 heterocycles. The number of fused-ring (bicyclic) bond motifs is 1. The van der Waals surface area contributed by atoms with E-state index in [1.807, 2.05) is 0 Å². The highest BCUT2D eigenvalue weighted by Crippen LogP contribution is 2.21. The third-order valence-electron chi connectivity index (χ3n) is 4.87. The van der Waals surface area contributed by atoms with E-state index >= 15 is 0 Å². The van der Waals surface area contributed by atoms with Crippen molar-refractivity contribution in [1.29, 1.82) is 0 Å². The van der Waals surface area contributed by atoms with E-state index in [1.165, 1.54) is 11.1 Å². The van der Waals surface area contributed by atoms with E-state index in [4.69, 9.17) is 0 Å². The van der Waals surface area contributed by atoms with E-state index in [9.17, 15) is 9.90 Å². The first-order chi connectivity index (χ1) is 11.5. The second-order valence-electron chi connectivity index (χ2n) is 6.80. The Labute approximate surface area is 145 Å². The van der Waals surface area contributed by atoms with Crippen LogP contribution in [0.15, 0.2) is 24.3 Å². The molecule has 2 N–H and O–H groups in total. The van der Waals surface area contributed by atoms with Crippen LogP contribution in [0.2, 0.25) is 0 Å². The molecule has 1 aromatic rings. The molecule has 2 unspecified atom stereocenters. The fourth-order valence-electron chi connectivity index (χ4n) is 3.18. The summed E-state index contributed by atoms with van der Waals surface area (Å²) in [4.78, 5) is 16.3. The maximum Gasteiger partial charge on any atom is 0.317 e. The Morgan fingerprint density at radius 3 is 2.75 bits per heavy atom. The van der Waals surface area contributed by atoms with Crippen LogP contribution in [0, 0.1) is 0 Å². The first-order valence-corrected chi connectivity index (χ1v) is 8.99. The van der Waals surface area contributed by atoms with Gasteiger partial charge in [0.2, 0.25) is 0 Å². The number of nitrogens with zero attached hydrogens (tertiary/aromatic N) is 2. The van der Waals surface area contributed by atoms with Crippen molar-refractivity contribution in [2.45, 2.75) is 51.8 Å². The summed E-state index contributed by atoms with van der Waals surface area (Å²) in [6.45, 7) is 7.15. The highest BCUT2D eigenvalue weighted by Gasteiger charge is 2.23. The molecule has 0 saturated carbocycles. The molecule has 5 heteroatoms. The van der Waals surface area contributed by atoms with Gasteiger partial charge in [0.15, 0.2) is 0 Å². The van der Waals surface area contributed by atoms with Gasteiger partial charge in [0.25, 0.3) is 0 Å². The lowest BCUT2D eigenvalue weighted by molar-refractivity contribution is 0.154. The van der Waals surface area contributed by atoms with Crippen LogP contribution in [-0.2, 0) is 13.0 Å². The summed E-state index contributed by atoms with van der Waals surface area (Å²) >= 11 is 0. The predicted molar refractivity (Wildman–Crippen MR) is 97.0 cm³/mol. The first-order valence-electron chi connectivity index (χ1n) is 8.99. The molecule has 5 nitrogen and oxygen atoms in total. The predicted octanol–water partition coefficient (Wildman–Crippen LogP) is 2.24. The van der Waals surface area contributed by atoms with Crippen molar-refractivity contribution in [1.82, 2.24) is 15.1 Å². The summed E-state index contributed by atoms with van der Waals surface area (Å²) in [6.07, 6.45) is 2.32. The van der Waals surface area contributed by atoms with Crippen molar-refractivity contribution >= 4 is 6.03 Å². The van der Waals surface area contributed by atoms with Gasteiger partial charge in [-0.3, -0.25) is 4.90 Å². The molecule has 2 amide bonds. The summed E-state index contributed by atoms with van der Waals surface area (Å²) in [6, 6.07) is 8.92. The number of carbonyl (C=O) groups is 1. The van der Waals surface area contributed by atoms with Gasteiger partial charge >= 0.3 is 6.03 Å². The maximum atomic E-state index is 12.2. The Bertz CT molecular complexity index is 533. The van der Waals surface area contributed by atoms with E-state index in [2.05, 4.69) is 41.4 Å². The fourth-order valence-corrected chi connectivity index (χ4v) is 3.18. The van der Waals surface area contributed by atoms with Crippen LogP contribution >= 0.6 is 0 Å². The van der Waals surface area contributed by atoms with Crippen molar-refractivity contribution in [2.24, 2.45) is 0 Å². The van der Waals surface area contributed by atoms with Crippen LogP contribution in [-0.4, -0.2) is 59.8 Å². The average molecular weight is 333 g/mol. The Kier molecular flexibility index (Phi) is 7.06. The minimum absolute atomic E-state index is 0.0634. The van der Waals surface area contributed by atoms with Crippen molar-refractivity contribution in [3.05, 3.63) is 35.4 Å². The SMILES string of the molecule is CCC(CNC(=O)N(C)CCC(C)O)N1CCc2ccccc2C1. The molecular formula is C19H31N3O2. The van der Waals surface area contributed by atoms with Crippen LogP contribution in [0.4, 0.5) is 4.79 Å². The van der Waals surface area contributed by atoms with Gasteiger partial charge in [0.1, 0.15) is 0 Å². The number of hydrogen-bond donors (Lipinski definition) is 2. The molecule has 0 aliphatic carbocycles. The summed E-state index contributed by atoms with van der Waals surface area (Å²) in [5, 5.41) is 12.4. The number of carbonyl (C=O) groups excluding carboxylic acids is 1. The number of hydrogen-bond acceptors (Lipinski definition) is 3. The topological polar surface area (TPSA) is 55.8 Å². The largest absolute Gasteiger partial charge is 0.393 e. The normalized spacial score (nSPS) is 17.0. The first kappa shape index (κ1) is 18.7. The number of amides is 2. The molecule has 1 aliphatic rings. The third-order valence-corrected chi connectivity index (χ3v) is 4.87. The van der Waals surface area contributed by atoms with Gasteiger partial charge in [-0.25, -0.2) is 4.79 Å². The number of nitrogens with one attached hydrogen (secondary N) is 1. The molecule has 0 saturated heterocycles. The standard InChI is InChI=1S/C19H31N3O2/c1-4-18(13-20-19(24)21(3)11-9-15(2)23)22-12-10-16-7-5-6-8-17(16)14-22/h5-8,15,18,23H,4,9-14H2,1-3H3,(H,20,24). The van der Waals surface area contributed by atoms with E-state index in [1.54, 1.807) is 18.9 Å². The second-order valence-corrected chi connectivity index (χ2v) is 6.80. The number of rotatable bonds is 7. The molecular weight excluding hydrogens is 302 g/mol. The van der Waals surface area contributed by atoms with Gasteiger partial charge in [-0.15, -0.1) is 0 Å². The van der Waals surface area contributed by atoms with Gasteiger partial charge < -0.3 is 15.3 Å². The van der Waals surface area contributed by atoms with Crippen molar-refractivity contribution in [2.75, 3.05) is 26.7 Å². The molecule has 0 aromatic heterocycles. The molecule has 0 bridgehead atoms. The smallest absolute Gasteiger partial charge is 0.317 e. The van der Waals surface area contributed by atoms with Gasteiger partial charge in [0.05, 0.1) is 6.10 Å². The number of aliphatic hydroxyl groups excluding tert-OH is 1. The summed E-state index contributed by atoms with van der Waals surface area (Å²) in [7, 11) is 1.77. The zero-order valence-corrected chi connectivity index (χ0v) is 15.2. The van der Waals surface area contributed by atoms with E-state index < -0.39 is 0 Å². The number of benzene rings is 1. The third kappa shape index (κ3) is 5.21. The molecule has 0 spiro atoms. The van der Waals surface area contributed by atoms with Crippen molar-refractivity contribution in [3.8, 4) is 0 Å². The highest BCUT2D eigenvalue weighted by atomic mass is 16.3. The van der Waals surface area contributed by atoms with Crippen LogP contribution < -0.4 is 5.32 Å². The Morgan fingerprint density at radius 2 is 2.08 bits per heavy atom. The Balaban J connectivity index is 1.83. The van der Waals surface area contributed by atoms with Gasteiger partial charge in [-0.2, -0.15) is 0 Å². The summed E-state index contributed by atoms with van der Waals surface area (Å²) in [5.74, 6) is 0. The van der Waals surface area contributed by atoms with Crippen LogP contribution in [0.3, 0.4) is 0 Å². The lowest BCUT2D eigenvalue weighted by Crippen LogP contribution is -2.48. The minimum Gasteiger partial charge on any atom is -0.393 e. The van der Waals surface area contributed by atoms with Crippen LogP contribution in [0.1, 0.15) is 37.8 Å². The summed E-state index contributed by atoms with van der Waals surface area (Å²) in [5.41, 5.74) is 2.85. The van der Waals surface area contributed by atoms with Crippen molar-refractivity contribution < 1.29 is 9.90 Å². The highest BCUT2D eigenvalue weighted by molar-refractivity contribution is 5.73. The molecule has 0 fully saturated rings. The Morgan fingerprint density at radius 1 is 1.38 bits per heavy atom. The zero-order valence-electron chi connectivity index (χ0n) is 15.2. The quantitative estimate of drug-likeness (QED) is 0.804. The molecule has 24 heavy (non-hydrogen) atoms. The lowest BCUT2D eigenvalue weighted by Gasteiger charge is -2.35. The van der Waals surface area contributed by atoms with Crippen LogP contribution in [0.25, 0.3) is 0 Å². The molecule has 1 aromatic carbocycles. The van der Waals surface area contributed by atoms with Gasteiger partial charge in [-0.05, 0) is 37.3 Å². The molecule has 2 atom stereocenters. The van der Waals surface area contributed by atoms with Crippen molar-refractivity contribution in [3.63, 3.8) is 0 Å². The lowest BCUT2D eigenvalue weighted by atomic mass is 9.98. The van der Waals surface area contributed by atoms with Gasteiger partial charge in [-0.1, -0.05) is 31.2 Å². The number of urea groups is 1. The average Bonchev–Trinajstić information content (AvgIpc) is 2.59. The monoisotopic (exact) mass is 333 g/mol. The summed E-state index contributed by atoms with van der Waals surface area (Å²) < 4.78 is 0. The second kappa shape index (κ2) is 9.04. The van der Waals surface area contributed by atoms with Crippen LogP contribution in [0.5, 0.6) is 0 Å². The number of aliphatic hydroxyl groups is 1. The molecule has 1 aliphatic heterocycles. The maximum absolute atomic E-state index is 12.2. The van der Waals surface area contributed by atoms with E-state index in [0.717, 1.165) is 25.9 Å². The Hall–Kier alpha value is -1.59.